The van der Waals surface area contributed by atoms with Crippen LogP contribution in [0.3, 0.4) is 0 Å². The number of likely N-dealkylation sites (N-methyl/N-ethyl adjacent to an activating group) is 1. The van der Waals surface area contributed by atoms with Gasteiger partial charge >= 0.3 is 5.97 Å². The van der Waals surface area contributed by atoms with E-state index >= 15 is 0 Å². The van der Waals surface area contributed by atoms with Gasteiger partial charge in [-0.05, 0) is 24.6 Å². The van der Waals surface area contributed by atoms with Gasteiger partial charge in [0, 0.05) is 11.0 Å². The smallest absolute Gasteiger partial charge is 0.331 e. The van der Waals surface area contributed by atoms with Crippen molar-refractivity contribution in [1.82, 2.24) is 4.90 Å². The summed E-state index contributed by atoms with van der Waals surface area (Å²) in [5.41, 5.74) is 0.579. The molecule has 0 fully saturated rings. The zero-order valence-electron chi connectivity index (χ0n) is 8.76. The molecule has 4 nitrogen and oxygen atoms in total. The van der Waals surface area contributed by atoms with Crippen LogP contribution in [0.2, 0.25) is 0 Å². The third kappa shape index (κ3) is 2.82. The van der Waals surface area contributed by atoms with Gasteiger partial charge in [0.2, 0.25) is 6.41 Å². The fraction of sp³-hybridized carbons (Fsp3) is 0.273. The lowest BCUT2D eigenvalue weighted by Crippen LogP contribution is -2.32. The van der Waals surface area contributed by atoms with Gasteiger partial charge in [-0.25, -0.2) is 4.79 Å². The van der Waals surface area contributed by atoms with E-state index in [-0.39, 0.29) is 0 Å². The van der Waals surface area contributed by atoms with Crippen LogP contribution >= 0.6 is 15.9 Å². The van der Waals surface area contributed by atoms with Gasteiger partial charge in [0.15, 0.2) is 6.04 Å². The molecule has 1 unspecified atom stereocenters. The molecule has 0 aliphatic carbocycles. The SMILES string of the molecule is CCN(C=O)C(C(=O)O)c1cccc(Br)c1. The Morgan fingerprint density at radius 1 is 1.62 bits per heavy atom. The molecule has 0 spiro atoms. The van der Waals surface area contributed by atoms with Gasteiger partial charge in [0.1, 0.15) is 0 Å². The number of carbonyl (C=O) groups excluding carboxylic acids is 1. The van der Waals surface area contributed by atoms with Crippen molar-refractivity contribution in [3.8, 4) is 0 Å². The lowest BCUT2D eigenvalue weighted by Gasteiger charge is -2.23. The average molecular weight is 286 g/mol. The number of halogens is 1. The maximum atomic E-state index is 11.2. The van der Waals surface area contributed by atoms with Crippen LogP contribution in [-0.2, 0) is 9.59 Å². The van der Waals surface area contributed by atoms with Gasteiger partial charge in [-0.1, -0.05) is 28.1 Å². The summed E-state index contributed by atoms with van der Waals surface area (Å²) in [4.78, 5) is 23.2. The fourth-order valence-electron chi connectivity index (χ4n) is 1.47. The number of carboxylic acid groups (broad SMARTS) is 1. The van der Waals surface area contributed by atoms with Crippen LogP contribution < -0.4 is 0 Å². The molecule has 1 aromatic rings. The molecule has 0 aromatic heterocycles. The van der Waals surface area contributed by atoms with Crippen LogP contribution in [0.1, 0.15) is 18.5 Å². The molecule has 1 N–H and O–H groups in total. The molecule has 0 aliphatic heterocycles. The van der Waals surface area contributed by atoms with Crippen molar-refractivity contribution in [2.75, 3.05) is 6.54 Å². The summed E-state index contributed by atoms with van der Waals surface area (Å²) in [6.07, 6.45) is 0.555. The first-order valence-electron chi connectivity index (χ1n) is 4.79. The molecule has 1 aromatic carbocycles. The Morgan fingerprint density at radius 2 is 2.31 bits per heavy atom. The Morgan fingerprint density at radius 3 is 2.75 bits per heavy atom. The number of rotatable bonds is 5. The third-order valence-electron chi connectivity index (χ3n) is 2.23. The van der Waals surface area contributed by atoms with Crippen LogP contribution in [0.4, 0.5) is 0 Å². The summed E-state index contributed by atoms with van der Waals surface area (Å²) < 4.78 is 0.790. The summed E-state index contributed by atoms with van der Waals surface area (Å²) >= 11 is 3.27. The van der Waals surface area contributed by atoms with E-state index in [1.807, 2.05) is 0 Å². The number of carboxylic acids is 1. The van der Waals surface area contributed by atoms with Crippen molar-refractivity contribution >= 4 is 28.3 Å². The Hall–Kier alpha value is -1.36. The molecule has 16 heavy (non-hydrogen) atoms. The minimum absolute atomic E-state index is 0.354. The normalized spacial score (nSPS) is 11.9. The number of hydrogen-bond donors (Lipinski definition) is 1. The van der Waals surface area contributed by atoms with Gasteiger partial charge in [-0.2, -0.15) is 0 Å². The number of carbonyl (C=O) groups is 2. The molecule has 86 valence electrons. The largest absolute Gasteiger partial charge is 0.479 e. The van der Waals surface area contributed by atoms with E-state index in [4.69, 9.17) is 5.11 Å². The molecule has 0 saturated heterocycles. The molecule has 0 heterocycles. The summed E-state index contributed by atoms with van der Waals surface area (Å²) in [5.74, 6) is -1.04. The molecule has 1 rings (SSSR count). The first kappa shape index (κ1) is 12.7. The van der Waals surface area contributed by atoms with E-state index in [0.29, 0.717) is 18.5 Å². The molecule has 0 aliphatic rings. The minimum atomic E-state index is -1.04. The van der Waals surface area contributed by atoms with Crippen LogP contribution in [0.5, 0.6) is 0 Å². The van der Waals surface area contributed by atoms with Gasteiger partial charge < -0.3 is 10.0 Å². The van der Waals surface area contributed by atoms with Gasteiger partial charge in [0.05, 0.1) is 0 Å². The number of amides is 1. The quantitative estimate of drug-likeness (QED) is 0.843. The lowest BCUT2D eigenvalue weighted by atomic mass is 10.1. The Kier molecular flexibility index (Phi) is 4.49. The first-order chi connectivity index (χ1) is 7.60. The van der Waals surface area contributed by atoms with Gasteiger partial charge in [-0.15, -0.1) is 0 Å². The number of hydrogen-bond acceptors (Lipinski definition) is 2. The minimum Gasteiger partial charge on any atom is -0.479 e. The zero-order chi connectivity index (χ0) is 12.1. The van der Waals surface area contributed by atoms with Crippen molar-refractivity contribution in [3.05, 3.63) is 34.3 Å². The summed E-state index contributed by atoms with van der Waals surface area (Å²) in [6.45, 7) is 2.09. The maximum absolute atomic E-state index is 11.2. The molecule has 1 amide bonds. The standard InChI is InChI=1S/C11H12BrNO3/c1-2-13(7-14)10(11(15)16)8-4-3-5-9(12)6-8/h3-7,10H,2H2,1H3,(H,15,16). The third-order valence-corrected chi connectivity index (χ3v) is 2.72. The number of benzene rings is 1. The zero-order valence-corrected chi connectivity index (χ0v) is 10.3. The highest BCUT2D eigenvalue weighted by molar-refractivity contribution is 9.10. The predicted molar refractivity (Wildman–Crippen MR) is 63.0 cm³/mol. The highest BCUT2D eigenvalue weighted by atomic mass is 79.9. The number of nitrogens with zero attached hydrogens (tertiary/aromatic N) is 1. The van der Waals surface area contributed by atoms with Gasteiger partial charge in [-0.3, -0.25) is 4.79 Å². The maximum Gasteiger partial charge on any atom is 0.331 e. The monoisotopic (exact) mass is 285 g/mol. The van der Waals surface area contributed by atoms with Crippen molar-refractivity contribution in [1.29, 1.82) is 0 Å². The van der Waals surface area contributed by atoms with Crippen LogP contribution in [-0.4, -0.2) is 28.9 Å². The van der Waals surface area contributed by atoms with E-state index in [0.717, 1.165) is 4.47 Å². The highest BCUT2D eigenvalue weighted by Gasteiger charge is 2.25. The fourth-order valence-corrected chi connectivity index (χ4v) is 1.89. The van der Waals surface area contributed by atoms with Gasteiger partial charge in [0.25, 0.3) is 0 Å². The molecule has 5 heteroatoms. The molecule has 1 atom stereocenters. The summed E-state index contributed by atoms with van der Waals surface area (Å²) in [7, 11) is 0. The second kappa shape index (κ2) is 5.65. The van der Waals surface area contributed by atoms with E-state index in [2.05, 4.69) is 15.9 Å². The topological polar surface area (TPSA) is 57.6 Å². The Bertz CT molecular complexity index is 395. The van der Waals surface area contributed by atoms with Crippen LogP contribution in [0.25, 0.3) is 0 Å². The van der Waals surface area contributed by atoms with Crippen molar-refractivity contribution in [3.63, 3.8) is 0 Å². The van der Waals surface area contributed by atoms with Crippen molar-refractivity contribution in [2.45, 2.75) is 13.0 Å². The van der Waals surface area contributed by atoms with E-state index in [9.17, 15) is 9.59 Å². The van der Waals surface area contributed by atoms with E-state index in [1.165, 1.54) is 4.90 Å². The summed E-state index contributed by atoms with van der Waals surface area (Å²) in [6, 6.07) is 6.01. The lowest BCUT2D eigenvalue weighted by molar-refractivity contribution is -0.146. The molecular formula is C11H12BrNO3. The highest BCUT2D eigenvalue weighted by Crippen LogP contribution is 2.22. The van der Waals surface area contributed by atoms with Crippen molar-refractivity contribution in [2.24, 2.45) is 0 Å². The first-order valence-corrected chi connectivity index (χ1v) is 5.58. The Balaban J connectivity index is 3.11. The average Bonchev–Trinajstić information content (AvgIpc) is 2.24. The van der Waals surface area contributed by atoms with Crippen LogP contribution in [0.15, 0.2) is 28.7 Å². The molecule has 0 saturated carbocycles. The predicted octanol–water partition coefficient (Wildman–Crippen LogP) is 2.05. The molecule has 0 bridgehead atoms. The molecule has 0 radical (unpaired) electrons. The second-order valence-corrected chi connectivity index (χ2v) is 4.15. The summed E-state index contributed by atoms with van der Waals surface area (Å²) in [5, 5.41) is 9.13. The molecular weight excluding hydrogens is 274 g/mol. The van der Waals surface area contributed by atoms with E-state index in [1.54, 1.807) is 31.2 Å². The van der Waals surface area contributed by atoms with Crippen LogP contribution in [0, 0.1) is 0 Å². The van der Waals surface area contributed by atoms with Crippen molar-refractivity contribution < 1.29 is 14.7 Å². The Labute approximate surface area is 102 Å². The van der Waals surface area contributed by atoms with E-state index < -0.39 is 12.0 Å². The number of aliphatic carboxylic acids is 1. The second-order valence-electron chi connectivity index (χ2n) is 3.23.